The fourth-order valence-corrected chi connectivity index (χ4v) is 5.04. The number of pyridine rings is 1. The van der Waals surface area contributed by atoms with E-state index in [0.29, 0.717) is 78.7 Å². The number of aromatic nitrogens is 1. The van der Waals surface area contributed by atoms with E-state index in [4.69, 9.17) is 4.74 Å². The van der Waals surface area contributed by atoms with Crippen molar-refractivity contribution in [3.63, 3.8) is 0 Å². The Hall–Kier alpha value is -3.16. The summed E-state index contributed by atoms with van der Waals surface area (Å²) >= 11 is 0. The van der Waals surface area contributed by atoms with Crippen molar-refractivity contribution in [2.24, 2.45) is 5.41 Å². The molecule has 1 saturated heterocycles. The fourth-order valence-electron chi connectivity index (χ4n) is 5.04. The van der Waals surface area contributed by atoms with Gasteiger partial charge in [-0.3, -0.25) is 9.88 Å². The van der Waals surface area contributed by atoms with Crippen LogP contribution in [0.5, 0.6) is 5.75 Å². The number of benzene rings is 2. The number of halogens is 3. The highest BCUT2D eigenvalue weighted by molar-refractivity contribution is 5.85. The molecule has 2 heterocycles. The lowest BCUT2D eigenvalue weighted by Crippen LogP contribution is -2.42. The lowest BCUT2D eigenvalue weighted by Gasteiger charge is -2.40. The van der Waals surface area contributed by atoms with E-state index in [2.05, 4.69) is 16.8 Å². The Bertz CT molecular complexity index is 1320. The van der Waals surface area contributed by atoms with Gasteiger partial charge in [0.25, 0.3) is 0 Å². The van der Waals surface area contributed by atoms with Crippen molar-refractivity contribution in [2.45, 2.75) is 38.4 Å². The van der Waals surface area contributed by atoms with Gasteiger partial charge in [-0.05, 0) is 68.0 Å². The Labute approximate surface area is 219 Å². The molecule has 0 amide bonds. The van der Waals surface area contributed by atoms with E-state index < -0.39 is 29.1 Å². The molecule has 38 heavy (non-hydrogen) atoms. The number of aliphatic hydroxyl groups excluding tert-OH is 3. The van der Waals surface area contributed by atoms with Crippen LogP contribution >= 0.6 is 0 Å². The van der Waals surface area contributed by atoms with Gasteiger partial charge in [-0.15, -0.1) is 0 Å². The molecule has 202 valence electrons. The summed E-state index contributed by atoms with van der Waals surface area (Å²) in [6, 6.07) is 6.60. The Balaban J connectivity index is 1.40. The minimum absolute atomic E-state index is 0.0387. The second-order valence-corrected chi connectivity index (χ2v) is 9.77. The smallest absolute Gasteiger partial charge is 0.144 e. The van der Waals surface area contributed by atoms with E-state index in [0.717, 1.165) is 0 Å². The van der Waals surface area contributed by atoms with Gasteiger partial charge >= 0.3 is 0 Å². The lowest BCUT2D eigenvalue weighted by molar-refractivity contribution is 0.0271. The molecule has 0 bridgehead atoms. The van der Waals surface area contributed by atoms with Crippen molar-refractivity contribution >= 4 is 10.9 Å². The van der Waals surface area contributed by atoms with Gasteiger partial charge < -0.3 is 20.1 Å². The first-order chi connectivity index (χ1) is 18.3. The summed E-state index contributed by atoms with van der Waals surface area (Å²) in [5.41, 5.74) is 0.991. The SMILES string of the molecule is COc1ccc2ncc(CO)c(C(O)CCC3(CO)CCN(CC#Cc4c(F)cc(F)cc4F)CC3)c2c1. The van der Waals surface area contributed by atoms with Gasteiger partial charge in [0.1, 0.15) is 23.2 Å². The molecule has 0 aliphatic carbocycles. The van der Waals surface area contributed by atoms with Crippen LogP contribution in [-0.4, -0.2) is 58.6 Å². The number of methoxy groups -OCH3 is 1. The summed E-state index contributed by atoms with van der Waals surface area (Å²) in [6.45, 7) is 1.22. The minimum atomic E-state index is -1.03. The molecule has 4 rings (SSSR count). The number of ether oxygens (including phenoxy) is 1. The van der Waals surface area contributed by atoms with Crippen LogP contribution in [0, 0.1) is 34.7 Å². The summed E-state index contributed by atoms with van der Waals surface area (Å²) in [4.78, 5) is 6.41. The van der Waals surface area contributed by atoms with E-state index >= 15 is 0 Å². The first-order valence-corrected chi connectivity index (χ1v) is 12.5. The maximum Gasteiger partial charge on any atom is 0.144 e. The maximum atomic E-state index is 13.8. The summed E-state index contributed by atoms with van der Waals surface area (Å²) in [5.74, 6) is 2.79. The molecular weight excluding hydrogens is 497 g/mol. The number of aliphatic hydroxyl groups is 3. The number of likely N-dealkylation sites (tertiary alicyclic amines) is 1. The highest BCUT2D eigenvalue weighted by Gasteiger charge is 2.34. The number of piperidine rings is 1. The highest BCUT2D eigenvalue weighted by Crippen LogP contribution is 2.39. The van der Waals surface area contributed by atoms with Crippen LogP contribution in [0.15, 0.2) is 36.5 Å². The van der Waals surface area contributed by atoms with Crippen LogP contribution < -0.4 is 4.74 Å². The van der Waals surface area contributed by atoms with Crippen LogP contribution in [0.2, 0.25) is 0 Å². The van der Waals surface area contributed by atoms with Gasteiger partial charge in [0, 0.05) is 35.9 Å². The molecule has 0 saturated carbocycles. The van der Waals surface area contributed by atoms with Crippen molar-refractivity contribution in [1.29, 1.82) is 0 Å². The van der Waals surface area contributed by atoms with Crippen LogP contribution in [0.1, 0.15) is 48.5 Å². The van der Waals surface area contributed by atoms with Gasteiger partial charge in [-0.1, -0.05) is 11.8 Å². The molecule has 1 aliphatic rings. The van der Waals surface area contributed by atoms with Crippen molar-refractivity contribution in [3.8, 4) is 17.6 Å². The van der Waals surface area contributed by atoms with Gasteiger partial charge in [0.05, 0.1) is 37.4 Å². The zero-order chi connectivity index (χ0) is 27.3. The number of fused-ring (bicyclic) bond motifs is 1. The van der Waals surface area contributed by atoms with Gasteiger partial charge in [-0.2, -0.15) is 0 Å². The first kappa shape index (κ1) is 27.9. The third-order valence-corrected chi connectivity index (χ3v) is 7.43. The Morgan fingerprint density at radius 1 is 1.11 bits per heavy atom. The fraction of sp³-hybridized carbons (Fsp3) is 0.414. The molecule has 1 aliphatic heterocycles. The third-order valence-electron chi connectivity index (χ3n) is 7.43. The first-order valence-electron chi connectivity index (χ1n) is 12.5. The van der Waals surface area contributed by atoms with E-state index in [1.807, 2.05) is 4.90 Å². The zero-order valence-corrected chi connectivity index (χ0v) is 21.2. The molecule has 0 radical (unpaired) electrons. The molecule has 3 aromatic rings. The summed E-state index contributed by atoms with van der Waals surface area (Å²) < 4.78 is 46.0. The predicted molar refractivity (Wildman–Crippen MR) is 137 cm³/mol. The van der Waals surface area contributed by atoms with Gasteiger partial charge in [0.15, 0.2) is 0 Å². The highest BCUT2D eigenvalue weighted by atomic mass is 19.1. The normalized spacial score (nSPS) is 16.2. The van der Waals surface area contributed by atoms with E-state index in [-0.39, 0.29) is 25.2 Å². The van der Waals surface area contributed by atoms with Gasteiger partial charge in [0.2, 0.25) is 0 Å². The lowest BCUT2D eigenvalue weighted by atomic mass is 9.74. The number of hydrogen-bond donors (Lipinski definition) is 3. The van der Waals surface area contributed by atoms with Crippen LogP contribution in [0.4, 0.5) is 13.2 Å². The van der Waals surface area contributed by atoms with E-state index in [1.54, 1.807) is 31.5 Å². The van der Waals surface area contributed by atoms with E-state index in [1.165, 1.54) is 0 Å². The van der Waals surface area contributed by atoms with Gasteiger partial charge in [-0.25, -0.2) is 13.2 Å². The number of rotatable bonds is 8. The van der Waals surface area contributed by atoms with Crippen molar-refractivity contribution in [3.05, 3.63) is 70.7 Å². The number of nitrogens with zero attached hydrogens (tertiary/aromatic N) is 2. The van der Waals surface area contributed by atoms with Crippen molar-refractivity contribution in [2.75, 3.05) is 33.4 Å². The second kappa shape index (κ2) is 12.1. The van der Waals surface area contributed by atoms with Crippen LogP contribution in [0.3, 0.4) is 0 Å². The Kier molecular flexibility index (Phi) is 8.90. The molecule has 6 nitrogen and oxygen atoms in total. The average molecular weight is 529 g/mol. The standard InChI is InChI=1S/C29H31F3N2O4/c1-38-21-4-5-26-23(15-21)28(19(17-35)16-33-26)27(37)6-7-29(18-36)8-11-34(12-9-29)10-2-3-22-24(31)13-20(30)14-25(22)32/h4-5,13-16,27,35-37H,6-12,17-18H2,1H3. The van der Waals surface area contributed by atoms with Crippen LogP contribution in [0.25, 0.3) is 10.9 Å². The molecule has 1 atom stereocenters. The van der Waals surface area contributed by atoms with Crippen LogP contribution in [-0.2, 0) is 6.61 Å². The summed E-state index contributed by atoms with van der Waals surface area (Å²) in [5, 5.41) is 32.0. The molecule has 1 aromatic heterocycles. The van der Waals surface area contributed by atoms with E-state index in [9.17, 15) is 28.5 Å². The quantitative estimate of drug-likeness (QED) is 0.382. The molecule has 2 aromatic carbocycles. The molecule has 3 N–H and O–H groups in total. The Morgan fingerprint density at radius 2 is 1.82 bits per heavy atom. The molecular formula is C29H31F3N2O4. The molecule has 9 heteroatoms. The van der Waals surface area contributed by atoms with Crippen molar-refractivity contribution < 1.29 is 33.2 Å². The average Bonchev–Trinajstić information content (AvgIpc) is 2.92. The topological polar surface area (TPSA) is 86.0 Å². The predicted octanol–water partition coefficient (Wildman–Crippen LogP) is 4.09. The third kappa shape index (κ3) is 6.11. The molecule has 1 unspecified atom stereocenters. The number of hydrogen-bond acceptors (Lipinski definition) is 6. The monoisotopic (exact) mass is 528 g/mol. The molecule has 0 spiro atoms. The summed E-state index contributed by atoms with van der Waals surface area (Å²) in [7, 11) is 1.56. The van der Waals surface area contributed by atoms with Crippen molar-refractivity contribution in [1.82, 2.24) is 9.88 Å². The largest absolute Gasteiger partial charge is 0.497 e. The zero-order valence-electron chi connectivity index (χ0n) is 21.2. The second-order valence-electron chi connectivity index (χ2n) is 9.77. The molecule has 1 fully saturated rings. The summed E-state index contributed by atoms with van der Waals surface area (Å²) in [6.07, 6.45) is 2.96. The minimum Gasteiger partial charge on any atom is -0.497 e. The Morgan fingerprint density at radius 3 is 2.45 bits per heavy atom. The maximum absolute atomic E-state index is 13.8.